The third-order valence-electron chi connectivity index (χ3n) is 4.41. The fourth-order valence-electron chi connectivity index (χ4n) is 2.92. The predicted octanol–water partition coefficient (Wildman–Crippen LogP) is 3.29. The first-order valence-corrected chi connectivity index (χ1v) is 10.3. The molecule has 4 amide bonds. The zero-order valence-electron chi connectivity index (χ0n) is 17.2. The van der Waals surface area contributed by atoms with Crippen LogP contribution < -0.4 is 19.7 Å². The molecular weight excluding hydrogens is 484 g/mol. The van der Waals surface area contributed by atoms with Crippen LogP contribution in [-0.4, -0.2) is 42.1 Å². The number of benzene rings is 2. The maximum Gasteiger partial charge on any atom is 0.341 e. The fraction of sp³-hybridized carbons (Fsp3) is 0.182. The second-order valence-electron chi connectivity index (χ2n) is 6.73. The Bertz CT molecular complexity index is 1130. The lowest BCUT2D eigenvalue weighted by Crippen LogP contribution is -2.54. The molecule has 1 aliphatic heterocycles. The van der Waals surface area contributed by atoms with E-state index < -0.39 is 30.4 Å². The Kier molecular flexibility index (Phi) is 6.94. The van der Waals surface area contributed by atoms with E-state index in [-0.39, 0.29) is 23.7 Å². The van der Waals surface area contributed by atoms with Gasteiger partial charge in [0, 0.05) is 4.47 Å². The summed E-state index contributed by atoms with van der Waals surface area (Å²) in [5.74, 6) is -2.35. The van der Waals surface area contributed by atoms with Crippen molar-refractivity contribution in [1.29, 1.82) is 0 Å². The van der Waals surface area contributed by atoms with E-state index in [0.29, 0.717) is 15.7 Å². The van der Waals surface area contributed by atoms with Crippen molar-refractivity contribution in [2.24, 2.45) is 0 Å². The molecule has 0 aliphatic carbocycles. The molecule has 10 heteroatoms. The van der Waals surface area contributed by atoms with Crippen molar-refractivity contribution in [2.45, 2.75) is 13.8 Å². The highest BCUT2D eigenvalue weighted by Gasteiger charge is 2.37. The minimum absolute atomic E-state index is 0.180. The zero-order chi connectivity index (χ0) is 23.4. The van der Waals surface area contributed by atoms with E-state index >= 15 is 0 Å². The number of carboxylic acids is 1. The summed E-state index contributed by atoms with van der Waals surface area (Å²) in [6, 6.07) is 8.86. The van der Waals surface area contributed by atoms with Crippen LogP contribution in [0.4, 0.5) is 10.5 Å². The number of rotatable bonds is 7. The number of carbonyl (C=O) groups excluding carboxylic acids is 3. The predicted molar refractivity (Wildman–Crippen MR) is 119 cm³/mol. The molecule has 0 unspecified atom stereocenters. The Morgan fingerprint density at radius 2 is 1.78 bits per heavy atom. The Balaban J connectivity index is 2.01. The summed E-state index contributed by atoms with van der Waals surface area (Å²) in [5, 5.41) is 11.0. The molecule has 0 bridgehead atoms. The number of nitrogens with zero attached hydrogens (tertiary/aromatic N) is 1. The lowest BCUT2D eigenvalue weighted by Gasteiger charge is -2.26. The highest BCUT2D eigenvalue weighted by atomic mass is 79.9. The summed E-state index contributed by atoms with van der Waals surface area (Å²) < 4.78 is 11.2. The Hall–Kier alpha value is -3.66. The van der Waals surface area contributed by atoms with Crippen LogP contribution in [0.25, 0.3) is 6.08 Å². The number of carbonyl (C=O) groups is 4. The molecule has 9 nitrogen and oxygen atoms in total. The van der Waals surface area contributed by atoms with Gasteiger partial charge in [-0.05, 0) is 49.8 Å². The number of amides is 4. The van der Waals surface area contributed by atoms with Gasteiger partial charge in [0.2, 0.25) is 0 Å². The molecule has 1 fully saturated rings. The molecule has 166 valence electrons. The Labute approximate surface area is 191 Å². The number of aliphatic carboxylic acids is 1. The number of hydrogen-bond donors (Lipinski definition) is 2. The summed E-state index contributed by atoms with van der Waals surface area (Å²) in [6.07, 6.45) is 1.32. The van der Waals surface area contributed by atoms with Gasteiger partial charge in [-0.2, -0.15) is 0 Å². The first-order chi connectivity index (χ1) is 15.2. The molecule has 0 spiro atoms. The van der Waals surface area contributed by atoms with Crippen LogP contribution in [0.1, 0.15) is 18.1 Å². The number of ether oxygens (including phenoxy) is 2. The highest BCUT2D eigenvalue weighted by Crippen LogP contribution is 2.35. The maximum atomic E-state index is 13.0. The number of imide groups is 2. The van der Waals surface area contributed by atoms with Crippen molar-refractivity contribution in [2.75, 3.05) is 18.1 Å². The molecule has 3 rings (SSSR count). The number of halogens is 1. The summed E-state index contributed by atoms with van der Waals surface area (Å²) in [6.45, 7) is 3.32. The Morgan fingerprint density at radius 1 is 1.12 bits per heavy atom. The molecule has 2 aromatic rings. The highest BCUT2D eigenvalue weighted by molar-refractivity contribution is 9.10. The normalized spacial score (nSPS) is 15.0. The van der Waals surface area contributed by atoms with Crippen molar-refractivity contribution >= 4 is 51.5 Å². The fourth-order valence-corrected chi connectivity index (χ4v) is 3.36. The zero-order valence-corrected chi connectivity index (χ0v) is 18.8. The number of urea groups is 1. The first-order valence-electron chi connectivity index (χ1n) is 9.50. The van der Waals surface area contributed by atoms with Gasteiger partial charge in [0.1, 0.15) is 5.57 Å². The molecular formula is C22H19BrN2O7. The second kappa shape index (κ2) is 9.65. The van der Waals surface area contributed by atoms with Gasteiger partial charge in [-0.15, -0.1) is 0 Å². The van der Waals surface area contributed by atoms with Crippen molar-refractivity contribution < 1.29 is 33.8 Å². The molecule has 1 aliphatic rings. The van der Waals surface area contributed by atoms with Gasteiger partial charge in [-0.1, -0.05) is 33.6 Å². The first kappa shape index (κ1) is 23.0. The van der Waals surface area contributed by atoms with E-state index in [0.717, 1.165) is 10.5 Å². The van der Waals surface area contributed by atoms with Gasteiger partial charge in [-0.3, -0.25) is 14.9 Å². The smallest absolute Gasteiger partial charge is 0.341 e. The van der Waals surface area contributed by atoms with Crippen molar-refractivity contribution in [1.82, 2.24) is 5.32 Å². The second-order valence-corrected chi connectivity index (χ2v) is 7.58. The van der Waals surface area contributed by atoms with Crippen LogP contribution in [0.2, 0.25) is 0 Å². The van der Waals surface area contributed by atoms with Crippen LogP contribution in [0.3, 0.4) is 0 Å². The van der Waals surface area contributed by atoms with Gasteiger partial charge in [0.25, 0.3) is 11.8 Å². The maximum absolute atomic E-state index is 13.0. The van der Waals surface area contributed by atoms with E-state index in [2.05, 4.69) is 21.2 Å². The molecule has 2 N–H and O–H groups in total. The average Bonchev–Trinajstić information content (AvgIpc) is 2.73. The van der Waals surface area contributed by atoms with Crippen LogP contribution >= 0.6 is 15.9 Å². The SMILES string of the molecule is CCOc1cc(/C=C2\C(=O)NC(=O)N(c3ccc(C)cc3)C2=O)c(Br)cc1OCC(=O)O. The van der Waals surface area contributed by atoms with Gasteiger partial charge >= 0.3 is 12.0 Å². The number of aryl methyl sites for hydroxylation is 1. The van der Waals surface area contributed by atoms with Gasteiger partial charge < -0.3 is 14.6 Å². The average molecular weight is 503 g/mol. The van der Waals surface area contributed by atoms with E-state index in [1.807, 2.05) is 6.92 Å². The minimum Gasteiger partial charge on any atom is -0.490 e. The third-order valence-corrected chi connectivity index (χ3v) is 5.09. The molecule has 2 aromatic carbocycles. The van der Waals surface area contributed by atoms with Crippen LogP contribution in [0, 0.1) is 6.92 Å². The monoisotopic (exact) mass is 502 g/mol. The minimum atomic E-state index is -1.15. The van der Waals surface area contributed by atoms with Crippen molar-refractivity contribution in [3.05, 3.63) is 57.6 Å². The van der Waals surface area contributed by atoms with Crippen molar-refractivity contribution in [3.63, 3.8) is 0 Å². The topological polar surface area (TPSA) is 122 Å². The van der Waals surface area contributed by atoms with Crippen LogP contribution in [0.15, 0.2) is 46.4 Å². The summed E-state index contributed by atoms with van der Waals surface area (Å²) in [5.41, 5.74) is 1.41. The van der Waals surface area contributed by atoms with E-state index in [1.54, 1.807) is 31.2 Å². The molecule has 0 radical (unpaired) electrons. The summed E-state index contributed by atoms with van der Waals surface area (Å²) in [4.78, 5) is 49.5. The number of carboxylic acid groups (broad SMARTS) is 1. The summed E-state index contributed by atoms with van der Waals surface area (Å²) >= 11 is 3.33. The molecule has 1 saturated heterocycles. The summed E-state index contributed by atoms with van der Waals surface area (Å²) in [7, 11) is 0. The largest absolute Gasteiger partial charge is 0.490 e. The number of nitrogens with one attached hydrogen (secondary N) is 1. The van der Waals surface area contributed by atoms with Gasteiger partial charge in [0.15, 0.2) is 18.1 Å². The van der Waals surface area contributed by atoms with Crippen LogP contribution in [-0.2, 0) is 14.4 Å². The number of anilines is 1. The molecule has 0 atom stereocenters. The standard InChI is InChI=1S/C22H19BrN2O7/c1-3-31-17-9-13(16(23)10-18(17)32-11-19(26)27)8-15-20(28)24-22(30)25(21(15)29)14-6-4-12(2)5-7-14/h4-10H,3,11H2,1-2H3,(H,26,27)(H,24,28,30)/b15-8+. The Morgan fingerprint density at radius 3 is 2.41 bits per heavy atom. The van der Waals surface area contributed by atoms with Gasteiger partial charge in [-0.25, -0.2) is 14.5 Å². The van der Waals surface area contributed by atoms with E-state index in [4.69, 9.17) is 14.6 Å². The van der Waals surface area contributed by atoms with Crippen molar-refractivity contribution in [3.8, 4) is 11.5 Å². The number of barbiturate groups is 1. The van der Waals surface area contributed by atoms with Gasteiger partial charge in [0.05, 0.1) is 12.3 Å². The lowest BCUT2D eigenvalue weighted by atomic mass is 10.1. The molecule has 0 saturated carbocycles. The van der Waals surface area contributed by atoms with Crippen LogP contribution in [0.5, 0.6) is 11.5 Å². The quantitative estimate of drug-likeness (QED) is 0.439. The number of hydrogen-bond acceptors (Lipinski definition) is 6. The third kappa shape index (κ3) is 4.97. The van der Waals surface area contributed by atoms with E-state index in [9.17, 15) is 19.2 Å². The lowest BCUT2D eigenvalue weighted by molar-refractivity contribution is -0.139. The molecule has 1 heterocycles. The van der Waals surface area contributed by atoms with E-state index in [1.165, 1.54) is 18.2 Å². The molecule has 32 heavy (non-hydrogen) atoms. The molecule has 0 aromatic heterocycles.